The first-order chi connectivity index (χ1) is 9.84. The Bertz CT molecular complexity index is 604. The minimum Gasteiger partial charge on any atom is -0.383 e. The molecule has 116 valence electrons. The van der Waals surface area contributed by atoms with Gasteiger partial charge in [-0.2, -0.15) is 5.10 Å². The summed E-state index contributed by atoms with van der Waals surface area (Å²) in [6, 6.07) is 0. The molecule has 21 heavy (non-hydrogen) atoms. The van der Waals surface area contributed by atoms with Gasteiger partial charge in [-0.15, -0.1) is 11.3 Å². The van der Waals surface area contributed by atoms with E-state index < -0.39 is 6.10 Å². The first kappa shape index (κ1) is 16.4. The van der Waals surface area contributed by atoms with Gasteiger partial charge < -0.3 is 9.84 Å². The van der Waals surface area contributed by atoms with E-state index >= 15 is 0 Å². The molecule has 0 amide bonds. The molecule has 0 fully saturated rings. The second-order valence-corrected chi connectivity index (χ2v) is 7.09. The Hall–Kier alpha value is -0.950. The number of nitrogens with zero attached hydrogens (tertiary/aromatic N) is 3. The van der Waals surface area contributed by atoms with Crippen molar-refractivity contribution in [1.82, 2.24) is 14.8 Å². The SMILES string of the molecule is COCCn1ncc(Cl)c1C(O)c1csc(C(C)(C)C)n1. The number of aliphatic hydroxyl groups excluding tert-OH is 1. The van der Waals surface area contributed by atoms with Gasteiger partial charge in [0.25, 0.3) is 0 Å². The summed E-state index contributed by atoms with van der Waals surface area (Å²) in [5.74, 6) is 0. The third kappa shape index (κ3) is 3.63. The van der Waals surface area contributed by atoms with Gasteiger partial charge in [-0.3, -0.25) is 4.68 Å². The van der Waals surface area contributed by atoms with Gasteiger partial charge in [-0.05, 0) is 0 Å². The smallest absolute Gasteiger partial charge is 0.140 e. The zero-order chi connectivity index (χ0) is 15.6. The molecule has 0 aliphatic carbocycles. The summed E-state index contributed by atoms with van der Waals surface area (Å²) in [5.41, 5.74) is 1.12. The van der Waals surface area contributed by atoms with Crippen molar-refractivity contribution in [3.63, 3.8) is 0 Å². The van der Waals surface area contributed by atoms with Crippen LogP contribution in [0.15, 0.2) is 11.6 Å². The molecule has 1 atom stereocenters. The van der Waals surface area contributed by atoms with Crippen molar-refractivity contribution in [3.05, 3.63) is 33.0 Å². The number of hydrogen-bond donors (Lipinski definition) is 1. The van der Waals surface area contributed by atoms with Gasteiger partial charge in [0.2, 0.25) is 0 Å². The summed E-state index contributed by atoms with van der Waals surface area (Å²) >= 11 is 7.70. The van der Waals surface area contributed by atoms with E-state index in [0.29, 0.717) is 29.6 Å². The normalized spacial score (nSPS) is 13.6. The Labute approximate surface area is 133 Å². The lowest BCUT2D eigenvalue weighted by Gasteiger charge is -2.15. The van der Waals surface area contributed by atoms with Crippen LogP contribution in [0.1, 0.15) is 43.3 Å². The molecule has 0 aromatic carbocycles. The Balaban J connectivity index is 2.29. The topological polar surface area (TPSA) is 60.2 Å². The van der Waals surface area contributed by atoms with Crippen LogP contribution in [0.3, 0.4) is 0 Å². The molecule has 0 saturated heterocycles. The van der Waals surface area contributed by atoms with Crippen molar-refractivity contribution in [3.8, 4) is 0 Å². The van der Waals surface area contributed by atoms with Crippen LogP contribution < -0.4 is 0 Å². The zero-order valence-corrected chi connectivity index (χ0v) is 14.2. The Morgan fingerprint density at radius 3 is 2.76 bits per heavy atom. The van der Waals surface area contributed by atoms with E-state index in [-0.39, 0.29) is 5.41 Å². The summed E-state index contributed by atoms with van der Waals surface area (Å²) in [6.45, 7) is 7.32. The second kappa shape index (κ2) is 6.44. The third-order valence-corrected chi connectivity index (χ3v) is 4.62. The highest BCUT2D eigenvalue weighted by atomic mass is 35.5. The lowest BCUT2D eigenvalue weighted by molar-refractivity contribution is 0.170. The number of aliphatic hydroxyl groups is 1. The fourth-order valence-corrected chi connectivity index (χ4v) is 3.07. The first-order valence-electron chi connectivity index (χ1n) is 6.68. The van der Waals surface area contributed by atoms with Crippen LogP contribution in [-0.2, 0) is 16.7 Å². The molecule has 2 rings (SSSR count). The molecule has 0 spiro atoms. The van der Waals surface area contributed by atoms with Crippen molar-refractivity contribution in [2.45, 2.75) is 38.8 Å². The van der Waals surface area contributed by atoms with E-state index in [1.165, 1.54) is 6.20 Å². The Morgan fingerprint density at radius 2 is 2.19 bits per heavy atom. The summed E-state index contributed by atoms with van der Waals surface area (Å²) < 4.78 is 6.70. The molecule has 0 radical (unpaired) electrons. The number of hydrogen-bond acceptors (Lipinski definition) is 5. The molecule has 1 N–H and O–H groups in total. The average Bonchev–Trinajstić information content (AvgIpc) is 3.02. The van der Waals surface area contributed by atoms with E-state index in [0.717, 1.165) is 5.01 Å². The van der Waals surface area contributed by atoms with Gasteiger partial charge in [0.05, 0.1) is 40.8 Å². The van der Waals surface area contributed by atoms with Crippen LogP contribution in [0.2, 0.25) is 5.02 Å². The van der Waals surface area contributed by atoms with Crippen molar-refractivity contribution >= 4 is 22.9 Å². The van der Waals surface area contributed by atoms with Crippen LogP contribution >= 0.6 is 22.9 Å². The number of aromatic nitrogens is 3. The van der Waals surface area contributed by atoms with Crippen LogP contribution in [0.4, 0.5) is 0 Å². The minimum absolute atomic E-state index is 0.0390. The van der Waals surface area contributed by atoms with Crippen molar-refractivity contribution < 1.29 is 9.84 Å². The van der Waals surface area contributed by atoms with Crippen molar-refractivity contribution in [1.29, 1.82) is 0 Å². The van der Waals surface area contributed by atoms with E-state index in [4.69, 9.17) is 16.3 Å². The number of rotatable bonds is 5. The summed E-state index contributed by atoms with van der Waals surface area (Å²) in [6.07, 6.45) is 0.650. The molecule has 0 saturated carbocycles. The lowest BCUT2D eigenvalue weighted by atomic mass is 9.98. The van der Waals surface area contributed by atoms with E-state index in [1.807, 2.05) is 5.38 Å². The molecular weight excluding hydrogens is 310 g/mol. The molecule has 5 nitrogen and oxygen atoms in total. The number of ether oxygens (including phenoxy) is 1. The summed E-state index contributed by atoms with van der Waals surface area (Å²) in [5, 5.41) is 18.0. The van der Waals surface area contributed by atoms with Crippen molar-refractivity contribution in [2.24, 2.45) is 0 Å². The molecule has 7 heteroatoms. The molecule has 0 bridgehead atoms. The van der Waals surface area contributed by atoms with Gasteiger partial charge in [-0.1, -0.05) is 32.4 Å². The quantitative estimate of drug-likeness (QED) is 0.916. The molecule has 2 aromatic heterocycles. The monoisotopic (exact) mass is 329 g/mol. The molecule has 0 aliphatic heterocycles. The summed E-state index contributed by atoms with van der Waals surface area (Å²) in [4.78, 5) is 4.54. The Kier molecular flexibility index (Phi) is 5.03. The predicted octanol–water partition coefficient (Wildman–Crippen LogP) is 3.02. The summed E-state index contributed by atoms with van der Waals surface area (Å²) in [7, 11) is 1.62. The molecule has 2 aromatic rings. The van der Waals surface area contributed by atoms with Gasteiger partial charge in [0.15, 0.2) is 0 Å². The molecule has 1 unspecified atom stereocenters. The molecular formula is C14H20ClN3O2S. The Morgan fingerprint density at radius 1 is 1.48 bits per heavy atom. The fraction of sp³-hybridized carbons (Fsp3) is 0.571. The van der Waals surface area contributed by atoms with Gasteiger partial charge in [0, 0.05) is 17.9 Å². The average molecular weight is 330 g/mol. The maximum atomic E-state index is 10.6. The van der Waals surface area contributed by atoms with Crippen molar-refractivity contribution in [2.75, 3.05) is 13.7 Å². The van der Waals surface area contributed by atoms with Crippen LogP contribution in [0.5, 0.6) is 0 Å². The maximum absolute atomic E-state index is 10.6. The third-order valence-electron chi connectivity index (χ3n) is 3.04. The van der Waals surface area contributed by atoms with E-state index in [9.17, 15) is 5.11 Å². The lowest BCUT2D eigenvalue weighted by Crippen LogP contribution is -2.15. The highest BCUT2D eigenvalue weighted by Gasteiger charge is 2.25. The van der Waals surface area contributed by atoms with Crippen LogP contribution in [-0.4, -0.2) is 33.6 Å². The number of halogens is 1. The van der Waals surface area contributed by atoms with Gasteiger partial charge in [-0.25, -0.2) is 4.98 Å². The fourth-order valence-electron chi connectivity index (χ4n) is 1.90. The standard InChI is InChI=1S/C14H20ClN3O2S/c1-14(2,3)13-17-10(8-21-13)12(19)11-9(15)7-16-18(11)5-6-20-4/h7-8,12,19H,5-6H2,1-4H3. The number of thiazole rings is 1. The van der Waals surface area contributed by atoms with Gasteiger partial charge >= 0.3 is 0 Å². The van der Waals surface area contributed by atoms with Gasteiger partial charge in [0.1, 0.15) is 6.10 Å². The minimum atomic E-state index is -0.885. The zero-order valence-electron chi connectivity index (χ0n) is 12.6. The van der Waals surface area contributed by atoms with E-state index in [1.54, 1.807) is 23.1 Å². The van der Waals surface area contributed by atoms with Crippen LogP contribution in [0.25, 0.3) is 0 Å². The highest BCUT2D eigenvalue weighted by Crippen LogP contribution is 2.32. The second-order valence-electron chi connectivity index (χ2n) is 5.82. The molecule has 0 aliphatic rings. The predicted molar refractivity (Wildman–Crippen MR) is 84.0 cm³/mol. The number of methoxy groups -OCH3 is 1. The first-order valence-corrected chi connectivity index (χ1v) is 7.94. The largest absolute Gasteiger partial charge is 0.383 e. The van der Waals surface area contributed by atoms with E-state index in [2.05, 4.69) is 30.9 Å². The van der Waals surface area contributed by atoms with Crippen LogP contribution in [0, 0.1) is 0 Å². The highest BCUT2D eigenvalue weighted by molar-refractivity contribution is 7.09. The molecule has 2 heterocycles. The maximum Gasteiger partial charge on any atom is 0.140 e.